The normalized spacial score (nSPS) is 10.7. The number of nitrogens with one attached hydrogen (secondary N) is 1. The van der Waals surface area contributed by atoms with E-state index in [4.69, 9.17) is 0 Å². The third-order valence-electron chi connectivity index (χ3n) is 3.26. The van der Waals surface area contributed by atoms with Gasteiger partial charge >= 0.3 is 6.61 Å². The smallest absolute Gasteiger partial charge is 0.387 e. The molecule has 1 N–H and O–H groups in total. The average molecular weight is 345 g/mol. The van der Waals surface area contributed by atoms with Gasteiger partial charge in [-0.2, -0.15) is 8.78 Å². The van der Waals surface area contributed by atoms with Crippen molar-refractivity contribution < 1.29 is 18.3 Å². The number of amides is 1. The maximum Gasteiger partial charge on any atom is 0.387 e. The molecule has 1 aromatic heterocycles. The number of rotatable bonds is 6. The van der Waals surface area contributed by atoms with Crippen molar-refractivity contribution in [1.29, 1.82) is 0 Å². The van der Waals surface area contributed by atoms with Crippen molar-refractivity contribution in [2.45, 2.75) is 13.0 Å². The first-order chi connectivity index (χ1) is 12.1. The first kappa shape index (κ1) is 16.5. The van der Waals surface area contributed by atoms with E-state index >= 15 is 0 Å². The number of alkyl halides is 2. The maximum atomic E-state index is 12.1. The fraction of sp³-hybridized carbons (Fsp3) is 0.125. The molecule has 0 saturated carbocycles. The van der Waals surface area contributed by atoms with E-state index in [9.17, 15) is 13.6 Å². The van der Waals surface area contributed by atoms with E-state index < -0.39 is 6.61 Å². The highest BCUT2D eigenvalue weighted by atomic mass is 19.3. The fourth-order valence-corrected chi connectivity index (χ4v) is 2.19. The molecule has 0 atom stereocenters. The second kappa shape index (κ2) is 7.47. The van der Waals surface area contributed by atoms with E-state index in [-0.39, 0.29) is 18.1 Å². The van der Waals surface area contributed by atoms with Crippen LogP contribution in [-0.2, 0) is 11.2 Å². The van der Waals surface area contributed by atoms with Crippen LogP contribution in [-0.4, -0.2) is 32.7 Å². The molecule has 3 rings (SSSR count). The SMILES string of the molecule is O=C(Cc1ccc(OC(F)F)cc1)Nc1cccc(-n2cnnn2)c1. The Balaban J connectivity index is 1.62. The van der Waals surface area contributed by atoms with Crippen molar-refractivity contribution in [1.82, 2.24) is 20.2 Å². The zero-order chi connectivity index (χ0) is 17.6. The minimum Gasteiger partial charge on any atom is -0.435 e. The Kier molecular flexibility index (Phi) is 4.93. The molecule has 0 spiro atoms. The van der Waals surface area contributed by atoms with Crippen molar-refractivity contribution in [2.75, 3.05) is 5.32 Å². The molecule has 0 aliphatic carbocycles. The van der Waals surface area contributed by atoms with Crippen LogP contribution in [0.3, 0.4) is 0 Å². The molecule has 7 nitrogen and oxygen atoms in total. The Labute approximate surface area is 141 Å². The van der Waals surface area contributed by atoms with Crippen LogP contribution in [0.2, 0.25) is 0 Å². The van der Waals surface area contributed by atoms with Gasteiger partial charge in [0.15, 0.2) is 0 Å². The van der Waals surface area contributed by atoms with Gasteiger partial charge in [-0.05, 0) is 46.3 Å². The molecule has 1 heterocycles. The van der Waals surface area contributed by atoms with Crippen LogP contribution < -0.4 is 10.1 Å². The third kappa shape index (κ3) is 4.56. The van der Waals surface area contributed by atoms with E-state index in [0.717, 1.165) is 0 Å². The molecule has 0 aliphatic heterocycles. The van der Waals surface area contributed by atoms with Gasteiger partial charge in [0.2, 0.25) is 5.91 Å². The molecule has 128 valence electrons. The largest absolute Gasteiger partial charge is 0.435 e. The van der Waals surface area contributed by atoms with Gasteiger partial charge in [0.25, 0.3) is 0 Å². The first-order valence-electron chi connectivity index (χ1n) is 7.27. The lowest BCUT2D eigenvalue weighted by molar-refractivity contribution is -0.115. The number of hydrogen-bond donors (Lipinski definition) is 1. The highest BCUT2D eigenvalue weighted by Crippen LogP contribution is 2.17. The lowest BCUT2D eigenvalue weighted by atomic mass is 10.1. The summed E-state index contributed by atoms with van der Waals surface area (Å²) in [5.41, 5.74) is 1.97. The molecule has 25 heavy (non-hydrogen) atoms. The molecule has 0 unspecified atom stereocenters. The van der Waals surface area contributed by atoms with Gasteiger partial charge in [0.1, 0.15) is 12.1 Å². The Morgan fingerprint density at radius 1 is 1.20 bits per heavy atom. The minimum absolute atomic E-state index is 0.0494. The maximum absolute atomic E-state index is 12.1. The van der Waals surface area contributed by atoms with E-state index in [1.54, 1.807) is 36.4 Å². The van der Waals surface area contributed by atoms with Gasteiger partial charge in [0, 0.05) is 5.69 Å². The number of benzene rings is 2. The summed E-state index contributed by atoms with van der Waals surface area (Å²) in [5.74, 6) is -0.190. The van der Waals surface area contributed by atoms with Crippen LogP contribution in [0.1, 0.15) is 5.56 Å². The van der Waals surface area contributed by atoms with Gasteiger partial charge in [-0.3, -0.25) is 4.79 Å². The summed E-state index contributed by atoms with van der Waals surface area (Å²) in [6, 6.07) is 13.0. The number of tetrazole rings is 1. The Bertz CT molecular complexity index is 838. The molecule has 9 heteroatoms. The standard InChI is InChI=1S/C16H13F2N5O2/c17-16(18)25-14-6-4-11(5-7-14)8-15(24)20-12-2-1-3-13(9-12)23-10-19-21-22-23/h1-7,9-10,16H,8H2,(H,20,24). The van der Waals surface area contributed by atoms with E-state index in [1.807, 2.05) is 0 Å². The second-order valence-electron chi connectivity index (χ2n) is 5.05. The van der Waals surface area contributed by atoms with Gasteiger partial charge in [-0.25, -0.2) is 4.68 Å². The van der Waals surface area contributed by atoms with E-state index in [2.05, 4.69) is 25.6 Å². The van der Waals surface area contributed by atoms with Crippen LogP contribution >= 0.6 is 0 Å². The Hall–Kier alpha value is -3.36. The number of carbonyl (C=O) groups is 1. The molecule has 0 fully saturated rings. The monoisotopic (exact) mass is 345 g/mol. The number of nitrogens with zero attached hydrogens (tertiary/aromatic N) is 4. The predicted octanol–water partition coefficient (Wildman–Crippen LogP) is 2.44. The lowest BCUT2D eigenvalue weighted by Gasteiger charge is -2.08. The molecule has 0 radical (unpaired) electrons. The van der Waals surface area contributed by atoms with E-state index in [1.165, 1.54) is 23.1 Å². The van der Waals surface area contributed by atoms with Crippen molar-refractivity contribution >= 4 is 11.6 Å². The summed E-state index contributed by atoms with van der Waals surface area (Å²) in [6.45, 7) is -2.87. The fourth-order valence-electron chi connectivity index (χ4n) is 2.19. The minimum atomic E-state index is -2.87. The van der Waals surface area contributed by atoms with Crippen molar-refractivity contribution in [2.24, 2.45) is 0 Å². The molecule has 3 aromatic rings. The van der Waals surface area contributed by atoms with Crippen molar-refractivity contribution in [3.63, 3.8) is 0 Å². The van der Waals surface area contributed by atoms with Crippen LogP contribution in [0, 0.1) is 0 Å². The van der Waals surface area contributed by atoms with Crippen molar-refractivity contribution in [3.05, 3.63) is 60.4 Å². The van der Waals surface area contributed by atoms with Crippen LogP contribution in [0.15, 0.2) is 54.9 Å². The molecule has 1 amide bonds. The summed E-state index contributed by atoms with van der Waals surface area (Å²) < 4.78 is 30.0. The number of hydrogen-bond acceptors (Lipinski definition) is 5. The predicted molar refractivity (Wildman–Crippen MR) is 84.6 cm³/mol. The first-order valence-corrected chi connectivity index (χ1v) is 7.27. The molecule has 0 bridgehead atoms. The zero-order valence-electron chi connectivity index (χ0n) is 12.8. The summed E-state index contributed by atoms with van der Waals surface area (Å²) in [6.07, 6.45) is 1.55. The number of carbonyl (C=O) groups excluding carboxylic acids is 1. The molecule has 2 aromatic carbocycles. The topological polar surface area (TPSA) is 81.9 Å². The van der Waals surface area contributed by atoms with Crippen LogP contribution in [0.25, 0.3) is 5.69 Å². The summed E-state index contributed by atoms with van der Waals surface area (Å²) >= 11 is 0. The summed E-state index contributed by atoms with van der Waals surface area (Å²) in [5, 5.41) is 13.7. The van der Waals surface area contributed by atoms with Gasteiger partial charge in [0.05, 0.1) is 12.1 Å². The molecular weight excluding hydrogens is 332 g/mol. The highest BCUT2D eigenvalue weighted by Gasteiger charge is 2.08. The van der Waals surface area contributed by atoms with E-state index in [0.29, 0.717) is 16.9 Å². The number of ether oxygens (including phenoxy) is 1. The van der Waals surface area contributed by atoms with Crippen LogP contribution in [0.5, 0.6) is 5.75 Å². The quantitative estimate of drug-likeness (QED) is 0.742. The zero-order valence-corrected chi connectivity index (χ0v) is 12.8. The third-order valence-corrected chi connectivity index (χ3v) is 3.26. The Morgan fingerprint density at radius 3 is 2.68 bits per heavy atom. The Morgan fingerprint density at radius 2 is 2.00 bits per heavy atom. The molecule has 0 aliphatic rings. The van der Waals surface area contributed by atoms with Gasteiger partial charge < -0.3 is 10.1 Å². The summed E-state index contributed by atoms with van der Waals surface area (Å²) in [4.78, 5) is 12.1. The number of halogens is 2. The molecular formula is C16H13F2N5O2. The average Bonchev–Trinajstić information content (AvgIpc) is 3.11. The number of anilines is 1. The lowest BCUT2D eigenvalue weighted by Crippen LogP contribution is -2.14. The van der Waals surface area contributed by atoms with Crippen LogP contribution in [0.4, 0.5) is 14.5 Å². The summed E-state index contributed by atoms with van der Waals surface area (Å²) in [7, 11) is 0. The number of aromatic nitrogens is 4. The van der Waals surface area contributed by atoms with Gasteiger partial charge in [-0.15, -0.1) is 5.10 Å². The van der Waals surface area contributed by atoms with Gasteiger partial charge in [-0.1, -0.05) is 18.2 Å². The second-order valence-corrected chi connectivity index (χ2v) is 5.05. The van der Waals surface area contributed by atoms with Crippen molar-refractivity contribution in [3.8, 4) is 11.4 Å². The molecule has 0 saturated heterocycles. The highest BCUT2D eigenvalue weighted by molar-refractivity contribution is 5.92.